The van der Waals surface area contributed by atoms with Gasteiger partial charge in [-0.2, -0.15) is 0 Å². The molecule has 1 aromatic heterocycles. The van der Waals surface area contributed by atoms with Crippen LogP contribution in [0.1, 0.15) is 42.1 Å². The minimum atomic E-state index is -0.804. The number of carbonyl (C=O) groups is 1. The molecular weight excluding hydrogens is 640 g/mol. The van der Waals surface area contributed by atoms with E-state index in [0.717, 1.165) is 16.7 Å². The van der Waals surface area contributed by atoms with E-state index in [4.69, 9.17) is 35.3 Å². The van der Waals surface area contributed by atoms with Crippen molar-refractivity contribution in [1.29, 1.82) is 0 Å². The largest absolute Gasteiger partial charge is 0.493 e. The summed E-state index contributed by atoms with van der Waals surface area (Å²) in [6.07, 6.45) is 5.51. The summed E-state index contributed by atoms with van der Waals surface area (Å²) < 4.78 is 30.5. The van der Waals surface area contributed by atoms with Crippen molar-refractivity contribution in [2.45, 2.75) is 32.9 Å². The van der Waals surface area contributed by atoms with Crippen LogP contribution in [0.5, 0.6) is 23.0 Å². The molecule has 0 saturated carbocycles. The Morgan fingerprint density at radius 1 is 1.00 bits per heavy atom. The minimum Gasteiger partial charge on any atom is -0.493 e. The van der Waals surface area contributed by atoms with Gasteiger partial charge in [0.2, 0.25) is 0 Å². The zero-order valence-electron chi connectivity index (χ0n) is 26.6. The van der Waals surface area contributed by atoms with Crippen molar-refractivity contribution in [3.05, 3.63) is 126 Å². The average molecular weight is 675 g/mol. The molecule has 1 aliphatic heterocycles. The molecule has 0 radical (unpaired) electrons. The zero-order chi connectivity index (χ0) is 33.5. The number of carbonyl (C=O) groups excluding carboxylic acids is 1. The first-order chi connectivity index (χ1) is 22.8. The van der Waals surface area contributed by atoms with Crippen LogP contribution in [-0.2, 0) is 22.6 Å². The zero-order valence-corrected chi connectivity index (χ0v) is 28.2. The number of esters is 1. The van der Waals surface area contributed by atoms with Gasteiger partial charge in [0, 0.05) is 22.3 Å². The van der Waals surface area contributed by atoms with Gasteiger partial charge in [0.15, 0.2) is 27.8 Å². The standard InChI is InChI=1S/C36H35ClN2O7S/c1-6-11-24-16-22(17-30(42-4)33(24)46-21-25-12-9-10-13-27(25)37)18-31-34(40)39-32(26(35(41)43-5)20-38-36(39)47-31)23-14-15-28(44-7-2)29(19-23)45-8-3/h6,9-10,12-20,32H,1,7-8,11,21H2,2-5H3/b31-18-/t32-/m1/s1. The summed E-state index contributed by atoms with van der Waals surface area (Å²) in [6.45, 7) is 8.77. The molecule has 0 amide bonds. The fourth-order valence-corrected chi connectivity index (χ4v) is 6.45. The van der Waals surface area contributed by atoms with Crippen molar-refractivity contribution in [1.82, 2.24) is 4.57 Å². The third-order valence-corrected chi connectivity index (χ3v) is 8.74. The number of ether oxygens (including phenoxy) is 5. The van der Waals surface area contributed by atoms with Gasteiger partial charge in [0.25, 0.3) is 5.56 Å². The van der Waals surface area contributed by atoms with E-state index in [1.807, 2.05) is 56.3 Å². The molecule has 0 N–H and O–H groups in total. The number of aromatic nitrogens is 1. The minimum absolute atomic E-state index is 0.216. The highest BCUT2D eigenvalue weighted by Gasteiger charge is 2.31. The van der Waals surface area contributed by atoms with Crippen LogP contribution in [0.25, 0.3) is 6.08 Å². The van der Waals surface area contributed by atoms with Crippen LogP contribution in [0.4, 0.5) is 0 Å². The van der Waals surface area contributed by atoms with Gasteiger partial charge < -0.3 is 23.7 Å². The number of hydrogen-bond acceptors (Lipinski definition) is 9. The molecule has 0 aliphatic carbocycles. The lowest BCUT2D eigenvalue weighted by Crippen LogP contribution is -2.39. The fourth-order valence-electron chi connectivity index (χ4n) is 5.29. The second-order valence-corrected chi connectivity index (χ2v) is 11.7. The van der Waals surface area contributed by atoms with Crippen molar-refractivity contribution in [2.75, 3.05) is 27.4 Å². The number of thiazole rings is 1. The highest BCUT2D eigenvalue weighted by Crippen LogP contribution is 2.36. The van der Waals surface area contributed by atoms with Crippen molar-refractivity contribution in [3.8, 4) is 23.0 Å². The highest BCUT2D eigenvalue weighted by molar-refractivity contribution is 7.07. The van der Waals surface area contributed by atoms with Gasteiger partial charge in [-0.25, -0.2) is 9.79 Å². The summed E-state index contributed by atoms with van der Waals surface area (Å²) in [4.78, 5) is 32.0. The molecular formula is C36H35ClN2O7S. The van der Waals surface area contributed by atoms with Gasteiger partial charge in [0.05, 0.1) is 43.6 Å². The molecule has 2 heterocycles. The molecule has 1 aliphatic rings. The van der Waals surface area contributed by atoms with Crippen molar-refractivity contribution >= 4 is 35.0 Å². The third kappa shape index (κ3) is 7.13. The highest BCUT2D eigenvalue weighted by atomic mass is 35.5. The maximum absolute atomic E-state index is 14.1. The fraction of sp³-hybridized carbons (Fsp3) is 0.250. The van der Waals surface area contributed by atoms with Gasteiger partial charge in [-0.05, 0) is 67.8 Å². The number of methoxy groups -OCH3 is 2. The smallest absolute Gasteiger partial charge is 0.337 e. The number of fused-ring (bicyclic) bond motifs is 1. The molecule has 11 heteroatoms. The maximum atomic E-state index is 14.1. The summed E-state index contributed by atoms with van der Waals surface area (Å²) in [5.41, 5.74) is 2.93. The van der Waals surface area contributed by atoms with Crippen LogP contribution in [0.3, 0.4) is 0 Å². The SMILES string of the molecule is C=CCc1cc(/C=c2\sc3n(c2=O)[C@H](c2ccc(OCC)c(OCC)c2)C(C(=O)OC)=CN=3)cc(OC)c1OCc1ccccc1Cl. The number of nitrogens with zero attached hydrogens (tertiary/aromatic N) is 2. The molecule has 0 unspecified atom stereocenters. The van der Waals surface area contributed by atoms with E-state index in [2.05, 4.69) is 11.6 Å². The Morgan fingerprint density at radius 3 is 2.47 bits per heavy atom. The Balaban J connectivity index is 1.60. The van der Waals surface area contributed by atoms with Crippen LogP contribution in [0, 0.1) is 0 Å². The second-order valence-electron chi connectivity index (χ2n) is 10.3. The monoisotopic (exact) mass is 674 g/mol. The van der Waals surface area contributed by atoms with E-state index in [9.17, 15) is 9.59 Å². The Labute approximate surface area is 281 Å². The third-order valence-electron chi connectivity index (χ3n) is 7.37. The summed E-state index contributed by atoms with van der Waals surface area (Å²) in [5.74, 6) is 1.55. The molecule has 0 bridgehead atoms. The lowest BCUT2D eigenvalue weighted by Gasteiger charge is -2.23. The molecule has 0 spiro atoms. The molecule has 0 saturated heterocycles. The van der Waals surface area contributed by atoms with Gasteiger partial charge in [-0.3, -0.25) is 9.36 Å². The summed E-state index contributed by atoms with van der Waals surface area (Å²) in [6, 6.07) is 15.8. The molecule has 4 aromatic rings. The maximum Gasteiger partial charge on any atom is 0.337 e. The number of hydrogen-bond donors (Lipinski definition) is 0. The van der Waals surface area contributed by atoms with Crippen molar-refractivity contribution in [3.63, 3.8) is 0 Å². The van der Waals surface area contributed by atoms with E-state index in [-0.39, 0.29) is 17.7 Å². The Hall–Kier alpha value is -4.80. The Bertz CT molecular complexity index is 2010. The first-order valence-electron chi connectivity index (χ1n) is 15.0. The summed E-state index contributed by atoms with van der Waals surface area (Å²) >= 11 is 7.57. The van der Waals surface area contributed by atoms with E-state index in [1.54, 1.807) is 31.4 Å². The first-order valence-corrected chi connectivity index (χ1v) is 16.2. The lowest BCUT2D eigenvalue weighted by molar-refractivity contribution is -0.136. The predicted octanol–water partition coefficient (Wildman–Crippen LogP) is 5.79. The molecule has 5 rings (SSSR count). The molecule has 0 fully saturated rings. The van der Waals surface area contributed by atoms with E-state index >= 15 is 0 Å². The quantitative estimate of drug-likeness (QED) is 0.131. The average Bonchev–Trinajstić information content (AvgIpc) is 3.39. The number of allylic oxidation sites excluding steroid dienone is 1. The van der Waals surface area contributed by atoms with Crippen molar-refractivity contribution in [2.24, 2.45) is 4.99 Å². The molecule has 47 heavy (non-hydrogen) atoms. The van der Waals surface area contributed by atoms with Crippen LogP contribution in [-0.4, -0.2) is 38.0 Å². The summed E-state index contributed by atoms with van der Waals surface area (Å²) in [5, 5.41) is 0.608. The molecule has 9 nitrogen and oxygen atoms in total. The number of halogens is 1. The van der Waals surface area contributed by atoms with Gasteiger partial charge in [-0.1, -0.05) is 53.3 Å². The molecule has 1 atom stereocenters. The Morgan fingerprint density at radius 2 is 1.77 bits per heavy atom. The Kier molecular flexibility index (Phi) is 10.8. The predicted molar refractivity (Wildman–Crippen MR) is 183 cm³/mol. The van der Waals surface area contributed by atoms with Crippen LogP contribution in [0.2, 0.25) is 5.02 Å². The van der Waals surface area contributed by atoms with E-state index in [1.165, 1.54) is 29.2 Å². The van der Waals surface area contributed by atoms with Crippen LogP contribution < -0.4 is 33.8 Å². The lowest BCUT2D eigenvalue weighted by atomic mass is 9.97. The number of rotatable bonds is 13. The first kappa shape index (κ1) is 33.6. The van der Waals surface area contributed by atoms with Crippen LogP contribution >= 0.6 is 22.9 Å². The van der Waals surface area contributed by atoms with Gasteiger partial charge in [0.1, 0.15) is 6.61 Å². The van der Waals surface area contributed by atoms with Crippen molar-refractivity contribution < 1.29 is 28.5 Å². The van der Waals surface area contributed by atoms with Gasteiger partial charge >= 0.3 is 5.97 Å². The molecule has 3 aromatic carbocycles. The van der Waals surface area contributed by atoms with E-state index in [0.29, 0.717) is 62.6 Å². The summed E-state index contributed by atoms with van der Waals surface area (Å²) in [7, 11) is 2.86. The normalized spacial score (nSPS) is 14.0. The topological polar surface area (TPSA) is 97.6 Å². The van der Waals surface area contributed by atoms with Crippen LogP contribution in [0.15, 0.2) is 88.8 Å². The second kappa shape index (κ2) is 15.2. The van der Waals surface area contributed by atoms with Gasteiger partial charge in [-0.15, -0.1) is 6.58 Å². The number of benzene rings is 3. The van der Waals surface area contributed by atoms with E-state index < -0.39 is 12.0 Å². The molecule has 244 valence electrons.